The van der Waals surface area contributed by atoms with Gasteiger partial charge in [0.05, 0.1) is 6.26 Å². The fourth-order valence-corrected chi connectivity index (χ4v) is 2.72. The minimum Gasteiger partial charge on any atom is -0.469 e. The third-order valence-corrected chi connectivity index (χ3v) is 3.93. The molecular formula is C17H26IN3OS. The molecule has 2 aromatic rings. The van der Waals surface area contributed by atoms with Gasteiger partial charge >= 0.3 is 0 Å². The summed E-state index contributed by atoms with van der Waals surface area (Å²) in [5.74, 6) is 2.50. The molecule has 4 nitrogen and oxygen atoms in total. The third kappa shape index (κ3) is 7.39. The minimum atomic E-state index is 0. The van der Waals surface area contributed by atoms with Gasteiger partial charge in [-0.3, -0.25) is 4.99 Å². The van der Waals surface area contributed by atoms with Crippen LogP contribution >= 0.6 is 35.3 Å². The van der Waals surface area contributed by atoms with E-state index < -0.39 is 0 Å². The molecule has 0 atom stereocenters. The molecule has 0 aromatic carbocycles. The molecule has 0 amide bonds. The van der Waals surface area contributed by atoms with Crippen molar-refractivity contribution in [1.29, 1.82) is 0 Å². The first kappa shape index (κ1) is 20.0. The van der Waals surface area contributed by atoms with Crippen molar-refractivity contribution in [2.24, 2.45) is 10.9 Å². The van der Waals surface area contributed by atoms with Crippen LogP contribution < -0.4 is 5.32 Å². The van der Waals surface area contributed by atoms with Gasteiger partial charge in [-0.2, -0.15) is 11.3 Å². The van der Waals surface area contributed by atoms with Crippen LogP contribution in [0.2, 0.25) is 0 Å². The number of aliphatic imine (C=N–C) groups is 1. The van der Waals surface area contributed by atoms with Gasteiger partial charge in [-0.1, -0.05) is 13.8 Å². The standard InChI is InChI=1S/C17H25N3OS.HI/c1-14(2)11-19-17(18-8-6-16-5-4-9-21-16)20(3)12-15-7-10-22-13-15;/h4-5,7,9-10,13-14H,6,8,11-12H2,1-3H3,(H,18,19);1H. The van der Waals surface area contributed by atoms with E-state index in [1.165, 1.54) is 5.56 Å². The molecule has 1 N–H and O–H groups in total. The Morgan fingerprint density at radius 2 is 2.22 bits per heavy atom. The largest absolute Gasteiger partial charge is 0.469 e. The highest BCUT2D eigenvalue weighted by atomic mass is 127. The molecule has 0 fully saturated rings. The van der Waals surface area contributed by atoms with Gasteiger partial charge in [0.2, 0.25) is 0 Å². The predicted octanol–water partition coefficient (Wildman–Crippen LogP) is 4.24. The van der Waals surface area contributed by atoms with Gasteiger partial charge in [-0.15, -0.1) is 24.0 Å². The number of thiophene rings is 1. The summed E-state index contributed by atoms with van der Waals surface area (Å²) in [6.07, 6.45) is 2.58. The average Bonchev–Trinajstić information content (AvgIpc) is 3.15. The molecule has 23 heavy (non-hydrogen) atoms. The molecule has 2 heterocycles. The quantitative estimate of drug-likeness (QED) is 0.392. The first-order chi connectivity index (χ1) is 10.6. The van der Waals surface area contributed by atoms with Gasteiger partial charge in [-0.05, 0) is 40.4 Å². The fourth-order valence-electron chi connectivity index (χ4n) is 2.06. The zero-order valence-electron chi connectivity index (χ0n) is 14.0. The molecule has 0 unspecified atom stereocenters. The Balaban J connectivity index is 0.00000264. The number of hydrogen-bond acceptors (Lipinski definition) is 3. The lowest BCUT2D eigenvalue weighted by Gasteiger charge is -2.22. The monoisotopic (exact) mass is 447 g/mol. The van der Waals surface area contributed by atoms with Crippen molar-refractivity contribution in [3.63, 3.8) is 0 Å². The molecule has 0 saturated carbocycles. The molecule has 0 radical (unpaired) electrons. The molecule has 2 aromatic heterocycles. The third-order valence-electron chi connectivity index (χ3n) is 3.20. The van der Waals surface area contributed by atoms with Crippen molar-refractivity contribution in [3.05, 3.63) is 46.5 Å². The van der Waals surface area contributed by atoms with E-state index in [9.17, 15) is 0 Å². The molecule has 0 aliphatic carbocycles. The number of rotatable bonds is 7. The molecule has 128 valence electrons. The van der Waals surface area contributed by atoms with Crippen LogP contribution in [0, 0.1) is 5.92 Å². The molecule has 0 aliphatic heterocycles. The second-order valence-corrected chi connectivity index (χ2v) is 6.58. The van der Waals surface area contributed by atoms with Gasteiger partial charge in [-0.25, -0.2) is 0 Å². The van der Waals surface area contributed by atoms with Crippen LogP contribution in [0.15, 0.2) is 44.6 Å². The first-order valence-electron chi connectivity index (χ1n) is 7.68. The van der Waals surface area contributed by atoms with Crippen LogP contribution in [-0.2, 0) is 13.0 Å². The molecule has 0 bridgehead atoms. The van der Waals surface area contributed by atoms with E-state index in [0.717, 1.165) is 37.8 Å². The Labute approximate surface area is 160 Å². The summed E-state index contributed by atoms with van der Waals surface area (Å²) >= 11 is 1.73. The normalized spacial score (nSPS) is 11.4. The summed E-state index contributed by atoms with van der Waals surface area (Å²) in [6.45, 7) is 6.88. The van der Waals surface area contributed by atoms with Gasteiger partial charge in [0.15, 0.2) is 5.96 Å². The van der Waals surface area contributed by atoms with E-state index >= 15 is 0 Å². The lowest BCUT2D eigenvalue weighted by Crippen LogP contribution is -2.39. The number of halogens is 1. The second kappa shape index (κ2) is 10.7. The summed E-state index contributed by atoms with van der Waals surface area (Å²) < 4.78 is 5.37. The molecule has 0 aliphatic rings. The number of nitrogens with one attached hydrogen (secondary N) is 1. The maximum absolute atomic E-state index is 5.37. The maximum atomic E-state index is 5.37. The van der Waals surface area contributed by atoms with E-state index in [2.05, 4.69) is 47.9 Å². The zero-order chi connectivity index (χ0) is 15.8. The SMILES string of the molecule is CC(C)CN=C(NCCc1ccco1)N(C)Cc1ccsc1.I. The number of hydrogen-bond donors (Lipinski definition) is 1. The summed E-state index contributed by atoms with van der Waals surface area (Å²) in [7, 11) is 2.08. The number of guanidine groups is 1. The zero-order valence-corrected chi connectivity index (χ0v) is 17.1. The van der Waals surface area contributed by atoms with Gasteiger partial charge in [0, 0.05) is 33.1 Å². The summed E-state index contributed by atoms with van der Waals surface area (Å²) in [5, 5.41) is 7.73. The summed E-state index contributed by atoms with van der Waals surface area (Å²) in [6, 6.07) is 6.08. The van der Waals surface area contributed by atoms with Crippen molar-refractivity contribution in [2.45, 2.75) is 26.8 Å². The minimum absolute atomic E-state index is 0. The fraction of sp³-hybridized carbons (Fsp3) is 0.471. The van der Waals surface area contributed by atoms with Crippen LogP contribution in [0.1, 0.15) is 25.2 Å². The van der Waals surface area contributed by atoms with Gasteiger partial charge in [0.25, 0.3) is 0 Å². The average molecular weight is 447 g/mol. The molecule has 0 saturated heterocycles. The Bertz CT molecular complexity index is 552. The van der Waals surface area contributed by atoms with Crippen LogP contribution in [0.3, 0.4) is 0 Å². The van der Waals surface area contributed by atoms with Crippen LogP contribution in [0.4, 0.5) is 0 Å². The Morgan fingerprint density at radius 1 is 1.39 bits per heavy atom. The highest BCUT2D eigenvalue weighted by molar-refractivity contribution is 14.0. The first-order valence-corrected chi connectivity index (χ1v) is 8.62. The van der Waals surface area contributed by atoms with E-state index in [1.54, 1.807) is 17.6 Å². The highest BCUT2D eigenvalue weighted by Crippen LogP contribution is 2.09. The predicted molar refractivity (Wildman–Crippen MR) is 109 cm³/mol. The molecule has 6 heteroatoms. The Kier molecular flexibility index (Phi) is 9.31. The maximum Gasteiger partial charge on any atom is 0.193 e. The van der Waals surface area contributed by atoms with Crippen molar-refractivity contribution in [3.8, 4) is 0 Å². The van der Waals surface area contributed by atoms with E-state index in [4.69, 9.17) is 9.41 Å². The highest BCUT2D eigenvalue weighted by Gasteiger charge is 2.08. The van der Waals surface area contributed by atoms with Crippen molar-refractivity contribution < 1.29 is 4.42 Å². The van der Waals surface area contributed by atoms with E-state index in [0.29, 0.717) is 5.92 Å². The topological polar surface area (TPSA) is 40.8 Å². The molecule has 2 rings (SSSR count). The van der Waals surface area contributed by atoms with E-state index in [1.807, 2.05) is 12.1 Å². The smallest absolute Gasteiger partial charge is 0.193 e. The van der Waals surface area contributed by atoms with Gasteiger partial charge < -0.3 is 14.6 Å². The lowest BCUT2D eigenvalue weighted by atomic mass is 10.2. The summed E-state index contributed by atoms with van der Waals surface area (Å²) in [4.78, 5) is 6.90. The van der Waals surface area contributed by atoms with E-state index in [-0.39, 0.29) is 24.0 Å². The van der Waals surface area contributed by atoms with Crippen LogP contribution in [-0.4, -0.2) is 31.0 Å². The van der Waals surface area contributed by atoms with Crippen molar-refractivity contribution in [2.75, 3.05) is 20.1 Å². The van der Waals surface area contributed by atoms with Crippen LogP contribution in [0.5, 0.6) is 0 Å². The number of furan rings is 1. The second-order valence-electron chi connectivity index (χ2n) is 5.80. The van der Waals surface area contributed by atoms with Gasteiger partial charge in [0.1, 0.15) is 5.76 Å². The Hall–Kier alpha value is -1.02. The molecular weight excluding hydrogens is 421 g/mol. The summed E-state index contributed by atoms with van der Waals surface area (Å²) in [5.41, 5.74) is 1.32. The van der Waals surface area contributed by atoms with Crippen molar-refractivity contribution >= 4 is 41.3 Å². The number of nitrogens with zero attached hydrogens (tertiary/aromatic N) is 2. The van der Waals surface area contributed by atoms with Crippen LogP contribution in [0.25, 0.3) is 0 Å². The lowest BCUT2D eigenvalue weighted by molar-refractivity contribution is 0.466. The Morgan fingerprint density at radius 3 is 2.83 bits per heavy atom. The molecule has 0 spiro atoms. The van der Waals surface area contributed by atoms with Crippen molar-refractivity contribution in [1.82, 2.24) is 10.2 Å².